The quantitative estimate of drug-likeness (QED) is 0.177. The highest BCUT2D eigenvalue weighted by Gasteiger charge is 2.23. The summed E-state index contributed by atoms with van der Waals surface area (Å²) in [5.41, 5.74) is 11.0. The first-order valence-corrected chi connectivity index (χ1v) is 19.1. The van der Waals surface area contributed by atoms with Crippen LogP contribution < -0.4 is 0 Å². The normalized spacial score (nSPS) is 11.9. The Morgan fingerprint density at radius 1 is 0.351 bits per heavy atom. The molecule has 0 amide bonds. The van der Waals surface area contributed by atoms with Crippen LogP contribution in [0.2, 0.25) is 0 Å². The summed E-state index contributed by atoms with van der Waals surface area (Å²) in [5, 5.41) is 6.87. The molecule has 0 aliphatic carbocycles. The van der Waals surface area contributed by atoms with Gasteiger partial charge in [0.05, 0.1) is 27.6 Å². The van der Waals surface area contributed by atoms with Crippen molar-refractivity contribution in [2.75, 3.05) is 0 Å². The van der Waals surface area contributed by atoms with E-state index in [9.17, 15) is 0 Å². The predicted octanol–water partition coefficient (Wildman–Crippen LogP) is 13.0. The lowest BCUT2D eigenvalue weighted by atomic mass is 10.1. The topological polar surface area (TPSA) is 61.7 Å². The Balaban J connectivity index is 1.12. The van der Waals surface area contributed by atoms with E-state index in [-0.39, 0.29) is 0 Å². The Labute approximate surface area is 326 Å². The van der Waals surface area contributed by atoms with Crippen molar-refractivity contribution in [3.63, 3.8) is 0 Å². The Hall–Kier alpha value is -7.83. The van der Waals surface area contributed by atoms with Gasteiger partial charge in [-0.3, -0.25) is 0 Å². The van der Waals surface area contributed by atoms with E-state index in [0.29, 0.717) is 17.5 Å². The minimum absolute atomic E-state index is 0.561. The van der Waals surface area contributed by atoms with Crippen molar-refractivity contribution < 1.29 is 4.42 Å². The van der Waals surface area contributed by atoms with E-state index in [1.54, 1.807) is 0 Å². The molecule has 0 radical (unpaired) electrons. The Kier molecular flexibility index (Phi) is 6.83. The maximum Gasteiger partial charge on any atom is 0.167 e. The van der Waals surface area contributed by atoms with Crippen LogP contribution >= 0.6 is 0 Å². The third kappa shape index (κ3) is 4.81. The van der Waals surface area contributed by atoms with Gasteiger partial charge in [0.1, 0.15) is 11.2 Å². The molecule has 6 heteroatoms. The van der Waals surface area contributed by atoms with Crippen LogP contribution in [0.4, 0.5) is 0 Å². The monoisotopic (exact) mass is 729 g/mol. The van der Waals surface area contributed by atoms with Gasteiger partial charge in [0.25, 0.3) is 0 Å². The Bertz CT molecular complexity index is 3450. The summed E-state index contributed by atoms with van der Waals surface area (Å²) in [7, 11) is 0. The fraction of sp³-hybridized carbons (Fsp3) is 0. The smallest absolute Gasteiger partial charge is 0.167 e. The number of furan rings is 1. The number of nitrogens with zero attached hydrogens (tertiary/aromatic N) is 5. The fourth-order valence-corrected chi connectivity index (χ4v) is 8.64. The summed E-state index contributed by atoms with van der Waals surface area (Å²) in [5.74, 6) is 1.78. The van der Waals surface area contributed by atoms with Crippen LogP contribution in [-0.2, 0) is 0 Å². The molecule has 12 aromatic rings. The molecule has 4 heterocycles. The predicted molar refractivity (Wildman–Crippen MR) is 232 cm³/mol. The number of benzene rings is 8. The van der Waals surface area contributed by atoms with Gasteiger partial charge in [-0.05, 0) is 48.5 Å². The Morgan fingerprint density at radius 3 is 1.47 bits per heavy atom. The first kappa shape index (κ1) is 31.5. The number of hydrogen-bond acceptors (Lipinski definition) is 4. The van der Waals surface area contributed by atoms with Gasteiger partial charge in [-0.15, -0.1) is 0 Å². The molecule has 0 saturated heterocycles. The van der Waals surface area contributed by atoms with Crippen molar-refractivity contribution in [3.05, 3.63) is 188 Å². The van der Waals surface area contributed by atoms with E-state index in [4.69, 9.17) is 19.4 Å². The van der Waals surface area contributed by atoms with Crippen molar-refractivity contribution >= 4 is 65.6 Å². The molecule has 57 heavy (non-hydrogen) atoms. The molecule has 0 aliphatic heterocycles. The van der Waals surface area contributed by atoms with Crippen molar-refractivity contribution in [1.29, 1.82) is 0 Å². The molecule has 0 saturated carbocycles. The highest BCUT2D eigenvalue weighted by molar-refractivity contribution is 6.24. The molecule has 0 bridgehead atoms. The summed E-state index contributed by atoms with van der Waals surface area (Å²) >= 11 is 0. The first-order chi connectivity index (χ1) is 28.3. The lowest BCUT2D eigenvalue weighted by Gasteiger charge is -2.12. The van der Waals surface area contributed by atoms with Crippen LogP contribution in [0.15, 0.2) is 192 Å². The molecular formula is C51H31N5O. The zero-order valence-electron chi connectivity index (χ0n) is 30.5. The van der Waals surface area contributed by atoms with Gasteiger partial charge in [-0.1, -0.05) is 140 Å². The summed E-state index contributed by atoms with van der Waals surface area (Å²) < 4.78 is 11.6. The second-order valence-corrected chi connectivity index (χ2v) is 14.4. The summed E-state index contributed by atoms with van der Waals surface area (Å²) in [4.78, 5) is 15.0. The average Bonchev–Trinajstić information content (AvgIpc) is 3.95. The minimum Gasteiger partial charge on any atom is -0.455 e. The first-order valence-electron chi connectivity index (χ1n) is 19.1. The molecule has 0 fully saturated rings. The molecule has 12 rings (SSSR count). The number of rotatable bonds is 5. The third-order valence-electron chi connectivity index (χ3n) is 11.2. The lowest BCUT2D eigenvalue weighted by molar-refractivity contribution is 0.669. The largest absolute Gasteiger partial charge is 0.455 e. The summed E-state index contributed by atoms with van der Waals surface area (Å²) in [6.45, 7) is 0. The highest BCUT2D eigenvalue weighted by Crippen LogP contribution is 2.43. The maximum absolute atomic E-state index is 6.75. The van der Waals surface area contributed by atoms with Crippen LogP contribution in [0, 0.1) is 0 Å². The van der Waals surface area contributed by atoms with E-state index in [1.807, 2.05) is 66.7 Å². The van der Waals surface area contributed by atoms with Crippen LogP contribution in [-0.4, -0.2) is 24.1 Å². The molecule has 6 nitrogen and oxygen atoms in total. The molecule has 0 atom stereocenters. The van der Waals surface area contributed by atoms with Gasteiger partial charge < -0.3 is 13.6 Å². The molecule has 0 spiro atoms. The van der Waals surface area contributed by atoms with E-state index in [2.05, 4.69) is 130 Å². The van der Waals surface area contributed by atoms with E-state index < -0.39 is 0 Å². The zero-order chi connectivity index (χ0) is 37.5. The second kappa shape index (κ2) is 12.3. The lowest BCUT2D eigenvalue weighted by Crippen LogP contribution is -2.00. The van der Waals surface area contributed by atoms with E-state index in [0.717, 1.165) is 61.0 Å². The molecule has 8 aromatic carbocycles. The molecule has 0 N–H and O–H groups in total. The summed E-state index contributed by atoms with van der Waals surface area (Å²) in [6, 6.07) is 65.6. The number of aromatic nitrogens is 5. The van der Waals surface area contributed by atoms with E-state index >= 15 is 0 Å². The van der Waals surface area contributed by atoms with Crippen molar-refractivity contribution in [1.82, 2.24) is 24.1 Å². The molecule has 0 unspecified atom stereocenters. The van der Waals surface area contributed by atoms with E-state index in [1.165, 1.54) is 32.6 Å². The van der Waals surface area contributed by atoms with Gasteiger partial charge in [-0.2, -0.15) is 0 Å². The number of fused-ring (bicyclic) bond motifs is 10. The highest BCUT2D eigenvalue weighted by atomic mass is 16.3. The second-order valence-electron chi connectivity index (χ2n) is 14.4. The van der Waals surface area contributed by atoms with Gasteiger partial charge in [0.15, 0.2) is 17.5 Å². The van der Waals surface area contributed by atoms with Crippen molar-refractivity contribution in [3.8, 4) is 45.5 Å². The van der Waals surface area contributed by atoms with Crippen molar-refractivity contribution in [2.24, 2.45) is 0 Å². The van der Waals surface area contributed by atoms with Gasteiger partial charge >= 0.3 is 0 Å². The van der Waals surface area contributed by atoms with Gasteiger partial charge in [0.2, 0.25) is 0 Å². The zero-order valence-corrected chi connectivity index (χ0v) is 30.5. The van der Waals surface area contributed by atoms with Gasteiger partial charge in [-0.25, -0.2) is 15.0 Å². The minimum atomic E-state index is 0.561. The van der Waals surface area contributed by atoms with Crippen LogP contribution in [0.3, 0.4) is 0 Å². The average molecular weight is 730 g/mol. The summed E-state index contributed by atoms with van der Waals surface area (Å²) in [6.07, 6.45) is 0. The maximum atomic E-state index is 6.75. The van der Waals surface area contributed by atoms with Crippen LogP contribution in [0.1, 0.15) is 0 Å². The molecule has 0 aliphatic rings. The van der Waals surface area contributed by atoms with Gasteiger partial charge in [0, 0.05) is 54.8 Å². The standard InChI is InChI=1S/C51H31N5O/c1-4-15-32(16-5-1)49-52-50(33-17-6-2-7-18-33)54-51(53-49)41-24-14-23-40-42-31-35(27-30-45(42)57-48(40)41)56-44-26-13-11-22-37(44)39-29-28-38-36-21-10-12-25-43(36)55(46(38)47(39)56)34-19-8-3-9-20-34/h1-31H. The fourth-order valence-electron chi connectivity index (χ4n) is 8.64. The number of para-hydroxylation sites is 4. The SMILES string of the molecule is c1ccc(-c2nc(-c3ccccc3)nc(-c3cccc4c3oc3ccc(-n5c6ccccc6c6ccc7c8ccccc8n(-c8ccccc8)c7c65)cc34)n2)cc1. The Morgan fingerprint density at radius 2 is 0.860 bits per heavy atom. The van der Waals surface area contributed by atoms with Crippen LogP contribution in [0.25, 0.3) is 111 Å². The van der Waals surface area contributed by atoms with Crippen molar-refractivity contribution in [2.45, 2.75) is 0 Å². The molecule has 266 valence electrons. The molecule has 4 aromatic heterocycles. The van der Waals surface area contributed by atoms with Crippen LogP contribution in [0.5, 0.6) is 0 Å². The molecular weight excluding hydrogens is 699 g/mol. The number of hydrogen-bond donors (Lipinski definition) is 0. The third-order valence-corrected chi connectivity index (χ3v) is 11.2.